The van der Waals surface area contributed by atoms with Gasteiger partial charge in [-0.15, -0.1) is 0 Å². The molecule has 0 aliphatic heterocycles. The molecule has 0 amide bonds. The Kier molecular flexibility index (Phi) is 1.70. The van der Waals surface area contributed by atoms with Crippen LogP contribution in [0.5, 0.6) is 0 Å². The molecule has 4 nitrogen and oxygen atoms in total. The van der Waals surface area contributed by atoms with Gasteiger partial charge in [-0.2, -0.15) is 4.98 Å². The Morgan fingerprint density at radius 2 is 2.29 bits per heavy atom. The normalized spacial score (nSPS) is 16.4. The van der Waals surface area contributed by atoms with Gasteiger partial charge >= 0.3 is 0 Å². The second-order valence-corrected chi connectivity index (χ2v) is 4.03. The molecule has 2 aromatic heterocycles. The van der Waals surface area contributed by atoms with Crippen LogP contribution >= 0.6 is 11.6 Å². The molecule has 0 unspecified atom stereocenters. The maximum absolute atomic E-state index is 5.74. The first-order chi connectivity index (χ1) is 6.83. The van der Waals surface area contributed by atoms with Gasteiger partial charge in [0.2, 0.25) is 5.28 Å². The van der Waals surface area contributed by atoms with Crippen molar-refractivity contribution in [1.29, 1.82) is 0 Å². The predicted molar refractivity (Wildman–Crippen MR) is 53.1 cm³/mol. The smallest absolute Gasteiger partial charge is 0.224 e. The Morgan fingerprint density at radius 3 is 3.07 bits per heavy atom. The van der Waals surface area contributed by atoms with Gasteiger partial charge in [0.25, 0.3) is 0 Å². The molecule has 0 atom stereocenters. The number of halogens is 1. The van der Waals surface area contributed by atoms with Crippen LogP contribution in [-0.4, -0.2) is 19.5 Å². The molecule has 1 aliphatic rings. The van der Waals surface area contributed by atoms with E-state index in [-0.39, 0.29) is 5.28 Å². The molecule has 0 bridgehead atoms. The van der Waals surface area contributed by atoms with Crippen molar-refractivity contribution in [2.24, 2.45) is 5.92 Å². The predicted octanol–water partition coefficient (Wildman–Crippen LogP) is 1.89. The van der Waals surface area contributed by atoms with Gasteiger partial charge < -0.3 is 4.57 Å². The first kappa shape index (κ1) is 8.17. The van der Waals surface area contributed by atoms with Crippen molar-refractivity contribution in [2.45, 2.75) is 19.4 Å². The van der Waals surface area contributed by atoms with Crippen molar-refractivity contribution in [1.82, 2.24) is 19.5 Å². The van der Waals surface area contributed by atoms with Gasteiger partial charge in [0.15, 0.2) is 5.65 Å². The van der Waals surface area contributed by atoms with E-state index in [1.165, 1.54) is 12.8 Å². The summed E-state index contributed by atoms with van der Waals surface area (Å²) in [4.78, 5) is 12.3. The molecule has 3 rings (SSSR count). The molecular weight excluding hydrogens is 200 g/mol. The highest BCUT2D eigenvalue weighted by Crippen LogP contribution is 2.31. The van der Waals surface area contributed by atoms with E-state index in [0.717, 1.165) is 23.6 Å². The number of fused-ring (bicyclic) bond motifs is 1. The summed E-state index contributed by atoms with van der Waals surface area (Å²) in [6.07, 6.45) is 6.11. The third-order valence-electron chi connectivity index (χ3n) is 2.48. The van der Waals surface area contributed by atoms with Crippen molar-refractivity contribution in [3.8, 4) is 0 Å². The average molecular weight is 209 g/mol. The van der Waals surface area contributed by atoms with Gasteiger partial charge in [-0.05, 0) is 30.4 Å². The van der Waals surface area contributed by atoms with Crippen LogP contribution in [0.4, 0.5) is 0 Å². The maximum atomic E-state index is 5.74. The van der Waals surface area contributed by atoms with Crippen molar-refractivity contribution >= 4 is 22.8 Å². The number of hydrogen-bond donors (Lipinski definition) is 0. The topological polar surface area (TPSA) is 43.6 Å². The fourth-order valence-electron chi connectivity index (χ4n) is 1.55. The van der Waals surface area contributed by atoms with Crippen molar-refractivity contribution in [3.05, 3.63) is 17.8 Å². The summed E-state index contributed by atoms with van der Waals surface area (Å²) in [5, 5.41) is 0.287. The quantitative estimate of drug-likeness (QED) is 0.708. The van der Waals surface area contributed by atoms with Crippen LogP contribution in [0.25, 0.3) is 11.2 Å². The Bertz CT molecular complexity index is 475. The zero-order valence-corrected chi connectivity index (χ0v) is 8.28. The van der Waals surface area contributed by atoms with Crippen LogP contribution in [0.1, 0.15) is 12.8 Å². The van der Waals surface area contributed by atoms with Crippen LogP contribution in [0, 0.1) is 5.92 Å². The summed E-state index contributed by atoms with van der Waals surface area (Å²) in [5.74, 6) is 0.807. The minimum absolute atomic E-state index is 0.287. The van der Waals surface area contributed by atoms with Gasteiger partial charge in [0.05, 0.1) is 12.5 Å². The summed E-state index contributed by atoms with van der Waals surface area (Å²) in [6, 6.07) is 0. The molecule has 0 spiro atoms. The van der Waals surface area contributed by atoms with Crippen molar-refractivity contribution in [2.75, 3.05) is 0 Å². The lowest BCUT2D eigenvalue weighted by Gasteiger charge is -2.00. The highest BCUT2D eigenvalue weighted by atomic mass is 35.5. The highest BCUT2D eigenvalue weighted by Gasteiger charge is 2.22. The van der Waals surface area contributed by atoms with E-state index < -0.39 is 0 Å². The first-order valence-corrected chi connectivity index (χ1v) is 5.04. The highest BCUT2D eigenvalue weighted by molar-refractivity contribution is 6.28. The Labute approximate surface area is 85.9 Å². The molecular formula is C9H9ClN4. The lowest BCUT2D eigenvalue weighted by molar-refractivity contribution is 0.638. The van der Waals surface area contributed by atoms with E-state index >= 15 is 0 Å². The molecule has 0 saturated heterocycles. The van der Waals surface area contributed by atoms with E-state index in [4.69, 9.17) is 11.6 Å². The standard InChI is InChI=1S/C9H9ClN4/c10-9-11-3-7-8(13-9)14(5-12-7)4-6-1-2-6/h3,5-6H,1-2,4H2. The van der Waals surface area contributed by atoms with Gasteiger partial charge in [-0.25, -0.2) is 9.97 Å². The number of rotatable bonds is 2. The number of nitrogens with zero attached hydrogens (tertiary/aromatic N) is 4. The Hall–Kier alpha value is -1.16. The molecule has 1 fully saturated rings. The molecule has 2 heterocycles. The molecule has 5 heteroatoms. The average Bonchev–Trinajstić information content (AvgIpc) is 2.90. The summed E-state index contributed by atoms with van der Waals surface area (Å²) in [5.41, 5.74) is 1.66. The summed E-state index contributed by atoms with van der Waals surface area (Å²) in [6.45, 7) is 1.00. The van der Waals surface area contributed by atoms with E-state index in [1.54, 1.807) is 6.20 Å². The van der Waals surface area contributed by atoms with Crippen LogP contribution in [-0.2, 0) is 6.54 Å². The fraction of sp³-hybridized carbons (Fsp3) is 0.444. The van der Waals surface area contributed by atoms with E-state index in [9.17, 15) is 0 Å². The Morgan fingerprint density at radius 1 is 1.43 bits per heavy atom. The summed E-state index contributed by atoms with van der Waals surface area (Å²) >= 11 is 5.74. The zero-order valence-electron chi connectivity index (χ0n) is 7.52. The first-order valence-electron chi connectivity index (χ1n) is 4.66. The minimum Gasteiger partial charge on any atom is -0.315 e. The molecule has 72 valence electrons. The number of imidazole rings is 1. The molecule has 1 saturated carbocycles. The van der Waals surface area contributed by atoms with E-state index in [0.29, 0.717) is 0 Å². The van der Waals surface area contributed by atoms with Crippen LogP contribution in [0.3, 0.4) is 0 Å². The lowest BCUT2D eigenvalue weighted by atomic mass is 10.4. The second-order valence-electron chi connectivity index (χ2n) is 3.69. The van der Waals surface area contributed by atoms with Crippen molar-refractivity contribution in [3.63, 3.8) is 0 Å². The minimum atomic E-state index is 0.287. The van der Waals surface area contributed by atoms with Crippen LogP contribution in [0.2, 0.25) is 5.28 Å². The molecule has 0 N–H and O–H groups in total. The third-order valence-corrected chi connectivity index (χ3v) is 2.66. The van der Waals surface area contributed by atoms with Gasteiger partial charge in [0.1, 0.15) is 5.52 Å². The second kappa shape index (κ2) is 2.92. The van der Waals surface area contributed by atoms with E-state index in [2.05, 4.69) is 19.5 Å². The molecule has 14 heavy (non-hydrogen) atoms. The molecule has 0 aromatic carbocycles. The van der Waals surface area contributed by atoms with Crippen molar-refractivity contribution < 1.29 is 0 Å². The summed E-state index contributed by atoms with van der Waals surface area (Å²) in [7, 11) is 0. The molecule has 0 radical (unpaired) electrons. The van der Waals surface area contributed by atoms with Crippen LogP contribution in [0.15, 0.2) is 12.5 Å². The Balaban J connectivity index is 2.08. The lowest BCUT2D eigenvalue weighted by Crippen LogP contribution is -1.99. The zero-order chi connectivity index (χ0) is 9.54. The maximum Gasteiger partial charge on any atom is 0.224 e. The monoisotopic (exact) mass is 208 g/mol. The van der Waals surface area contributed by atoms with E-state index in [1.807, 2.05) is 6.33 Å². The largest absolute Gasteiger partial charge is 0.315 e. The SMILES string of the molecule is Clc1ncc2ncn(CC3CC3)c2n1. The van der Waals surface area contributed by atoms with Gasteiger partial charge in [-0.3, -0.25) is 0 Å². The number of hydrogen-bond acceptors (Lipinski definition) is 3. The molecule has 1 aliphatic carbocycles. The fourth-order valence-corrected chi connectivity index (χ4v) is 1.68. The van der Waals surface area contributed by atoms with Crippen LogP contribution < -0.4 is 0 Å². The third kappa shape index (κ3) is 1.35. The molecule has 2 aromatic rings. The number of aromatic nitrogens is 4. The van der Waals surface area contributed by atoms with Gasteiger partial charge in [-0.1, -0.05) is 0 Å². The summed E-state index contributed by atoms with van der Waals surface area (Å²) < 4.78 is 2.06. The van der Waals surface area contributed by atoms with Gasteiger partial charge in [0, 0.05) is 6.54 Å².